The second kappa shape index (κ2) is 5.51. The lowest BCUT2D eigenvalue weighted by atomic mass is 10.1. The molecule has 1 heterocycles. The molecule has 1 amide bonds. The molecule has 0 aliphatic heterocycles. The van der Waals surface area contributed by atoms with E-state index in [1.807, 2.05) is 0 Å². The lowest BCUT2D eigenvalue weighted by Gasteiger charge is -2.25. The minimum atomic E-state index is -0.662. The van der Waals surface area contributed by atoms with Crippen molar-refractivity contribution < 1.29 is 13.6 Å². The second-order valence-corrected chi connectivity index (χ2v) is 4.87. The van der Waals surface area contributed by atoms with E-state index < -0.39 is 23.6 Å². The fourth-order valence-electron chi connectivity index (χ4n) is 1.99. The van der Waals surface area contributed by atoms with Crippen molar-refractivity contribution in [3.63, 3.8) is 0 Å². The molecule has 0 radical (unpaired) electrons. The maximum Gasteiger partial charge on any atom is 0.276 e. The summed E-state index contributed by atoms with van der Waals surface area (Å²) in [5.74, 6) is -1.60. The third kappa shape index (κ3) is 2.72. The van der Waals surface area contributed by atoms with Gasteiger partial charge in [0.1, 0.15) is 11.6 Å². The normalized spacial score (nSPS) is 12.2. The minimum absolute atomic E-state index is 0.0682. The molecule has 0 saturated heterocycles. The molecule has 0 saturated carbocycles. The van der Waals surface area contributed by atoms with Crippen molar-refractivity contribution >= 4 is 11.6 Å². The Bertz CT molecular complexity index is 684. The highest BCUT2D eigenvalue weighted by Crippen LogP contribution is 2.25. The van der Waals surface area contributed by atoms with Crippen LogP contribution < -0.4 is 5.73 Å². The van der Waals surface area contributed by atoms with Crippen LogP contribution in [0.4, 0.5) is 14.5 Å². The van der Waals surface area contributed by atoms with Crippen LogP contribution in [0.2, 0.25) is 0 Å². The van der Waals surface area contributed by atoms with Gasteiger partial charge in [-0.25, -0.2) is 8.78 Å². The average molecular weight is 294 g/mol. The standard InChI is InChI=1S/C14H16F2N4O/c1-7-12(17)13(19-18-7)14(21)20(3)8(2)10-6-9(15)4-5-11(10)16/h4-6,8H,17H2,1-3H3,(H,18,19). The Hall–Kier alpha value is -2.44. The molecule has 1 aromatic heterocycles. The Morgan fingerprint density at radius 2 is 2.10 bits per heavy atom. The fraction of sp³-hybridized carbons (Fsp3) is 0.286. The van der Waals surface area contributed by atoms with Gasteiger partial charge in [0.2, 0.25) is 0 Å². The molecule has 1 aromatic carbocycles. The summed E-state index contributed by atoms with van der Waals surface area (Å²) in [5.41, 5.74) is 6.75. The molecule has 0 aliphatic rings. The lowest BCUT2D eigenvalue weighted by Crippen LogP contribution is -2.31. The molecule has 5 nitrogen and oxygen atoms in total. The van der Waals surface area contributed by atoms with Crippen LogP contribution in [0.5, 0.6) is 0 Å². The molecule has 0 bridgehead atoms. The highest BCUT2D eigenvalue weighted by atomic mass is 19.1. The molecule has 21 heavy (non-hydrogen) atoms. The van der Waals surface area contributed by atoms with Crippen LogP contribution in [0.25, 0.3) is 0 Å². The van der Waals surface area contributed by atoms with Gasteiger partial charge in [0, 0.05) is 12.6 Å². The van der Waals surface area contributed by atoms with Gasteiger partial charge in [-0.3, -0.25) is 9.89 Å². The molecule has 1 atom stereocenters. The van der Waals surface area contributed by atoms with Crippen LogP contribution in [0.3, 0.4) is 0 Å². The number of nitrogen functional groups attached to an aromatic ring is 1. The molecule has 2 aromatic rings. The van der Waals surface area contributed by atoms with Crippen molar-refractivity contribution in [1.82, 2.24) is 15.1 Å². The molecule has 3 N–H and O–H groups in total. The van der Waals surface area contributed by atoms with Gasteiger partial charge in [-0.2, -0.15) is 5.10 Å². The highest BCUT2D eigenvalue weighted by Gasteiger charge is 2.25. The zero-order chi connectivity index (χ0) is 15.7. The Balaban J connectivity index is 2.30. The van der Waals surface area contributed by atoms with Gasteiger partial charge in [-0.1, -0.05) is 0 Å². The molecular weight excluding hydrogens is 278 g/mol. The number of anilines is 1. The summed E-state index contributed by atoms with van der Waals surface area (Å²) in [6.07, 6.45) is 0. The zero-order valence-electron chi connectivity index (χ0n) is 11.9. The van der Waals surface area contributed by atoms with Crippen molar-refractivity contribution in [3.05, 3.63) is 46.8 Å². The van der Waals surface area contributed by atoms with Crippen molar-refractivity contribution in [2.75, 3.05) is 12.8 Å². The molecule has 0 aliphatic carbocycles. The summed E-state index contributed by atoms with van der Waals surface area (Å²) < 4.78 is 27.0. The lowest BCUT2D eigenvalue weighted by molar-refractivity contribution is 0.0735. The van der Waals surface area contributed by atoms with Gasteiger partial charge in [-0.15, -0.1) is 0 Å². The van der Waals surface area contributed by atoms with E-state index in [0.717, 1.165) is 18.2 Å². The van der Waals surface area contributed by atoms with Crippen molar-refractivity contribution in [2.45, 2.75) is 19.9 Å². The molecular formula is C14H16F2N4O. The molecule has 7 heteroatoms. The summed E-state index contributed by atoms with van der Waals surface area (Å²) in [6.45, 7) is 3.29. The molecule has 1 unspecified atom stereocenters. The van der Waals surface area contributed by atoms with Gasteiger partial charge >= 0.3 is 0 Å². The molecule has 112 valence electrons. The SMILES string of the molecule is Cc1[nH]nc(C(=O)N(C)C(C)c2cc(F)ccc2F)c1N. The number of H-pyrrole nitrogens is 1. The topological polar surface area (TPSA) is 75.0 Å². The van der Waals surface area contributed by atoms with Gasteiger partial charge < -0.3 is 10.6 Å². The van der Waals surface area contributed by atoms with Crippen LogP contribution in [0, 0.1) is 18.6 Å². The number of nitrogens with one attached hydrogen (secondary N) is 1. The highest BCUT2D eigenvalue weighted by molar-refractivity contribution is 5.97. The van der Waals surface area contributed by atoms with Crippen LogP contribution in [-0.2, 0) is 0 Å². The fourth-order valence-corrected chi connectivity index (χ4v) is 1.99. The van der Waals surface area contributed by atoms with Crippen LogP contribution in [0.15, 0.2) is 18.2 Å². The number of aromatic amines is 1. The first-order valence-electron chi connectivity index (χ1n) is 6.35. The monoisotopic (exact) mass is 294 g/mol. The summed E-state index contributed by atoms with van der Waals surface area (Å²) in [5, 5.41) is 6.46. The number of nitrogens with zero attached hydrogens (tertiary/aromatic N) is 2. The van der Waals surface area contributed by atoms with Crippen LogP contribution in [-0.4, -0.2) is 28.1 Å². The number of benzene rings is 1. The number of carbonyl (C=O) groups excluding carboxylic acids is 1. The maximum atomic E-state index is 13.8. The van der Waals surface area contributed by atoms with Crippen molar-refractivity contribution in [1.29, 1.82) is 0 Å². The van der Waals surface area contributed by atoms with E-state index in [2.05, 4.69) is 10.2 Å². The minimum Gasteiger partial charge on any atom is -0.395 e. The number of rotatable bonds is 3. The Labute approximate surface area is 120 Å². The number of hydrogen-bond donors (Lipinski definition) is 2. The largest absolute Gasteiger partial charge is 0.395 e. The van der Waals surface area contributed by atoms with E-state index in [9.17, 15) is 13.6 Å². The number of aromatic nitrogens is 2. The van der Waals surface area contributed by atoms with E-state index in [-0.39, 0.29) is 16.9 Å². The van der Waals surface area contributed by atoms with Crippen LogP contribution >= 0.6 is 0 Å². The van der Waals surface area contributed by atoms with E-state index >= 15 is 0 Å². The first-order chi connectivity index (χ1) is 9.82. The summed E-state index contributed by atoms with van der Waals surface area (Å²) in [7, 11) is 1.49. The molecule has 0 fully saturated rings. The summed E-state index contributed by atoms with van der Waals surface area (Å²) in [6, 6.07) is 2.47. The Morgan fingerprint density at radius 3 is 2.67 bits per heavy atom. The molecule has 2 rings (SSSR count). The number of nitrogens with two attached hydrogens (primary N) is 1. The number of amides is 1. The number of aryl methyl sites for hydroxylation is 1. The van der Waals surface area contributed by atoms with E-state index in [1.54, 1.807) is 13.8 Å². The van der Waals surface area contributed by atoms with Gasteiger partial charge in [-0.05, 0) is 32.0 Å². The van der Waals surface area contributed by atoms with Gasteiger partial charge in [0.05, 0.1) is 17.4 Å². The summed E-state index contributed by atoms with van der Waals surface area (Å²) in [4.78, 5) is 13.6. The second-order valence-electron chi connectivity index (χ2n) is 4.87. The van der Waals surface area contributed by atoms with Crippen molar-refractivity contribution in [3.8, 4) is 0 Å². The predicted octanol–water partition coefficient (Wildman–Crippen LogP) is 2.41. The van der Waals surface area contributed by atoms with Crippen molar-refractivity contribution in [2.24, 2.45) is 0 Å². The van der Waals surface area contributed by atoms with E-state index in [4.69, 9.17) is 5.73 Å². The smallest absolute Gasteiger partial charge is 0.276 e. The average Bonchev–Trinajstić information content (AvgIpc) is 2.79. The third-order valence-electron chi connectivity index (χ3n) is 3.51. The zero-order valence-corrected chi connectivity index (χ0v) is 11.9. The van der Waals surface area contributed by atoms with Gasteiger partial charge in [0.15, 0.2) is 5.69 Å². The predicted molar refractivity (Wildman–Crippen MR) is 74.6 cm³/mol. The van der Waals surface area contributed by atoms with E-state index in [1.165, 1.54) is 11.9 Å². The van der Waals surface area contributed by atoms with Gasteiger partial charge in [0.25, 0.3) is 5.91 Å². The maximum absolute atomic E-state index is 13.8. The Kier molecular flexibility index (Phi) is 3.93. The van der Waals surface area contributed by atoms with E-state index in [0.29, 0.717) is 5.69 Å². The molecule has 0 spiro atoms. The number of hydrogen-bond acceptors (Lipinski definition) is 3. The third-order valence-corrected chi connectivity index (χ3v) is 3.51. The summed E-state index contributed by atoms with van der Waals surface area (Å²) >= 11 is 0. The number of carbonyl (C=O) groups is 1. The first kappa shape index (κ1) is 15.0. The Morgan fingerprint density at radius 1 is 1.43 bits per heavy atom. The van der Waals surface area contributed by atoms with Crippen LogP contribution in [0.1, 0.15) is 34.7 Å². The quantitative estimate of drug-likeness (QED) is 0.912. The number of halogens is 2. The first-order valence-corrected chi connectivity index (χ1v) is 6.35.